The molecule has 1 aliphatic rings. The van der Waals surface area contributed by atoms with Gasteiger partial charge >= 0.3 is 0 Å². The third-order valence-electron chi connectivity index (χ3n) is 3.84. The first kappa shape index (κ1) is 15.2. The first-order valence-electron chi connectivity index (χ1n) is 6.82. The molecule has 5 nitrogen and oxygen atoms in total. The molecule has 110 valence electrons. The largest absolute Gasteiger partial charge is 0.373 e. The van der Waals surface area contributed by atoms with Gasteiger partial charge in [0.05, 0.1) is 28.2 Å². The fourth-order valence-electron chi connectivity index (χ4n) is 2.58. The van der Waals surface area contributed by atoms with Crippen LogP contribution in [0.4, 0.5) is 5.69 Å². The third-order valence-corrected chi connectivity index (χ3v) is 4.19. The molecule has 0 saturated heterocycles. The van der Waals surface area contributed by atoms with Gasteiger partial charge in [0.1, 0.15) is 0 Å². The summed E-state index contributed by atoms with van der Waals surface area (Å²) in [5.74, 6) is 0. The van der Waals surface area contributed by atoms with Crippen LogP contribution in [0, 0.1) is 10.1 Å². The number of nitro groups is 1. The molecule has 1 saturated carbocycles. The lowest BCUT2D eigenvalue weighted by atomic mass is 9.93. The Balaban J connectivity index is 1.96. The minimum atomic E-state index is -0.414. The Kier molecular flexibility index (Phi) is 5.34. The molecule has 0 heterocycles. The third kappa shape index (κ3) is 3.69. The van der Waals surface area contributed by atoms with Crippen molar-refractivity contribution < 1.29 is 9.66 Å². The van der Waals surface area contributed by atoms with Gasteiger partial charge in [-0.1, -0.05) is 17.7 Å². The van der Waals surface area contributed by atoms with Crippen LogP contribution >= 0.6 is 11.6 Å². The van der Waals surface area contributed by atoms with E-state index in [0.29, 0.717) is 16.6 Å². The van der Waals surface area contributed by atoms with Crippen LogP contribution in [0.5, 0.6) is 0 Å². The van der Waals surface area contributed by atoms with E-state index >= 15 is 0 Å². The molecule has 1 aromatic carbocycles. The molecule has 1 aliphatic carbocycles. The Morgan fingerprint density at radius 2 is 2.10 bits per heavy atom. The van der Waals surface area contributed by atoms with Crippen molar-refractivity contribution in [3.63, 3.8) is 0 Å². The van der Waals surface area contributed by atoms with Gasteiger partial charge in [0, 0.05) is 12.1 Å². The zero-order valence-corrected chi connectivity index (χ0v) is 12.2. The zero-order chi connectivity index (χ0) is 14.5. The standard InChI is InChI=1S/C14H19ClN2O3/c1-16-10-5-7-11(8-6-10)20-9-12-13(15)3-2-4-14(12)17(18)19/h2-4,10-11,16H,5-9H2,1H3. The van der Waals surface area contributed by atoms with Gasteiger partial charge in [0.15, 0.2) is 0 Å². The lowest BCUT2D eigenvalue weighted by molar-refractivity contribution is -0.386. The van der Waals surface area contributed by atoms with E-state index in [0.717, 1.165) is 25.7 Å². The van der Waals surface area contributed by atoms with Crippen LogP contribution in [0.25, 0.3) is 0 Å². The van der Waals surface area contributed by atoms with Crippen molar-refractivity contribution in [2.24, 2.45) is 0 Å². The summed E-state index contributed by atoms with van der Waals surface area (Å²) in [6, 6.07) is 5.26. The Bertz CT molecular complexity index is 473. The minimum Gasteiger partial charge on any atom is -0.373 e. The number of rotatable bonds is 5. The van der Waals surface area contributed by atoms with Crippen LogP contribution in [0.2, 0.25) is 5.02 Å². The second kappa shape index (κ2) is 7.02. The summed E-state index contributed by atoms with van der Waals surface area (Å²) in [5, 5.41) is 14.6. The number of nitro benzene ring substituents is 1. The summed E-state index contributed by atoms with van der Waals surface area (Å²) in [7, 11) is 1.97. The molecular weight excluding hydrogens is 280 g/mol. The summed E-state index contributed by atoms with van der Waals surface area (Å²) in [5.41, 5.74) is 0.497. The Morgan fingerprint density at radius 1 is 1.40 bits per heavy atom. The van der Waals surface area contributed by atoms with E-state index in [1.807, 2.05) is 7.05 Å². The monoisotopic (exact) mass is 298 g/mol. The molecule has 0 amide bonds. The fourth-order valence-corrected chi connectivity index (χ4v) is 2.80. The van der Waals surface area contributed by atoms with Crippen molar-refractivity contribution in [3.05, 3.63) is 38.9 Å². The summed E-state index contributed by atoms with van der Waals surface area (Å²) in [6.45, 7) is 0.199. The highest BCUT2D eigenvalue weighted by Gasteiger charge is 2.22. The molecule has 0 unspecified atom stereocenters. The lowest BCUT2D eigenvalue weighted by Crippen LogP contribution is -2.32. The van der Waals surface area contributed by atoms with Crippen molar-refractivity contribution in [1.82, 2.24) is 5.32 Å². The number of halogens is 1. The highest BCUT2D eigenvalue weighted by Crippen LogP contribution is 2.29. The highest BCUT2D eigenvalue weighted by atomic mass is 35.5. The SMILES string of the molecule is CNC1CCC(OCc2c(Cl)cccc2[N+](=O)[O-])CC1. The average molecular weight is 299 g/mol. The molecule has 0 atom stereocenters. The number of hydrogen-bond donors (Lipinski definition) is 1. The lowest BCUT2D eigenvalue weighted by Gasteiger charge is -2.28. The minimum absolute atomic E-state index is 0.0291. The summed E-state index contributed by atoms with van der Waals surface area (Å²) < 4.78 is 5.82. The van der Waals surface area contributed by atoms with Gasteiger partial charge in [0.2, 0.25) is 0 Å². The molecule has 0 bridgehead atoms. The van der Waals surface area contributed by atoms with Gasteiger partial charge in [0.25, 0.3) is 5.69 Å². The Morgan fingerprint density at radius 3 is 2.70 bits per heavy atom. The maximum Gasteiger partial charge on any atom is 0.276 e. The van der Waals surface area contributed by atoms with Crippen LogP contribution in [0.15, 0.2) is 18.2 Å². The smallest absolute Gasteiger partial charge is 0.276 e. The number of nitrogens with zero attached hydrogens (tertiary/aromatic N) is 1. The van der Waals surface area contributed by atoms with Crippen molar-refractivity contribution in [2.45, 2.75) is 44.4 Å². The summed E-state index contributed by atoms with van der Waals surface area (Å²) in [4.78, 5) is 10.6. The molecule has 0 spiro atoms. The normalized spacial score (nSPS) is 22.7. The van der Waals surface area contributed by atoms with E-state index in [2.05, 4.69) is 5.32 Å². The maximum absolute atomic E-state index is 11.0. The van der Waals surface area contributed by atoms with Crippen LogP contribution in [-0.2, 0) is 11.3 Å². The Labute approximate surface area is 123 Å². The topological polar surface area (TPSA) is 64.4 Å². The van der Waals surface area contributed by atoms with Gasteiger partial charge in [-0.15, -0.1) is 0 Å². The first-order valence-corrected chi connectivity index (χ1v) is 7.20. The number of nitrogens with one attached hydrogen (secondary N) is 1. The molecule has 2 rings (SSSR count). The van der Waals surface area contributed by atoms with Gasteiger partial charge in [-0.05, 0) is 38.8 Å². The Hall–Kier alpha value is -1.17. The molecule has 0 aromatic heterocycles. The van der Waals surface area contributed by atoms with Crippen molar-refractivity contribution in [1.29, 1.82) is 0 Å². The maximum atomic E-state index is 11.0. The van der Waals surface area contributed by atoms with E-state index in [4.69, 9.17) is 16.3 Å². The zero-order valence-electron chi connectivity index (χ0n) is 11.5. The molecule has 1 aromatic rings. The van der Waals surface area contributed by atoms with Gasteiger partial charge in [-0.2, -0.15) is 0 Å². The van der Waals surface area contributed by atoms with Crippen molar-refractivity contribution in [3.8, 4) is 0 Å². The molecule has 1 N–H and O–H groups in total. The molecule has 0 radical (unpaired) electrons. The second-order valence-corrected chi connectivity index (χ2v) is 5.48. The summed E-state index contributed by atoms with van der Waals surface area (Å²) >= 11 is 6.04. The summed E-state index contributed by atoms with van der Waals surface area (Å²) in [6.07, 6.45) is 4.26. The molecular formula is C14H19ClN2O3. The number of benzene rings is 1. The van der Waals surface area contributed by atoms with Crippen molar-refractivity contribution >= 4 is 17.3 Å². The predicted octanol–water partition coefficient (Wildman–Crippen LogP) is 3.30. The fraction of sp³-hybridized carbons (Fsp3) is 0.571. The van der Waals surface area contributed by atoms with E-state index in [-0.39, 0.29) is 18.4 Å². The number of ether oxygens (including phenoxy) is 1. The quantitative estimate of drug-likeness (QED) is 0.669. The molecule has 6 heteroatoms. The van der Waals surface area contributed by atoms with Gasteiger partial charge in [-0.3, -0.25) is 10.1 Å². The first-order chi connectivity index (χ1) is 9.61. The van der Waals surface area contributed by atoms with Crippen molar-refractivity contribution in [2.75, 3.05) is 7.05 Å². The van der Waals surface area contributed by atoms with Gasteiger partial charge < -0.3 is 10.1 Å². The van der Waals surface area contributed by atoms with E-state index in [1.54, 1.807) is 12.1 Å². The second-order valence-electron chi connectivity index (χ2n) is 5.07. The average Bonchev–Trinajstić information content (AvgIpc) is 2.46. The molecule has 1 fully saturated rings. The molecule has 20 heavy (non-hydrogen) atoms. The highest BCUT2D eigenvalue weighted by molar-refractivity contribution is 6.31. The van der Waals surface area contributed by atoms with E-state index in [9.17, 15) is 10.1 Å². The number of hydrogen-bond acceptors (Lipinski definition) is 4. The van der Waals surface area contributed by atoms with Crippen LogP contribution in [0.3, 0.4) is 0 Å². The van der Waals surface area contributed by atoms with E-state index < -0.39 is 4.92 Å². The van der Waals surface area contributed by atoms with Crippen LogP contribution < -0.4 is 5.32 Å². The van der Waals surface area contributed by atoms with Crippen LogP contribution in [0.1, 0.15) is 31.2 Å². The van der Waals surface area contributed by atoms with E-state index in [1.165, 1.54) is 6.07 Å². The molecule has 0 aliphatic heterocycles. The van der Waals surface area contributed by atoms with Gasteiger partial charge in [-0.25, -0.2) is 0 Å². The predicted molar refractivity (Wildman–Crippen MR) is 78.0 cm³/mol. The van der Waals surface area contributed by atoms with Crippen LogP contribution in [-0.4, -0.2) is 24.1 Å².